The second-order valence-electron chi connectivity index (χ2n) is 7.57. The van der Waals surface area contributed by atoms with Crippen LogP contribution in [0.25, 0.3) is 0 Å². The molecule has 0 bridgehead atoms. The number of hydrogen-bond acceptors (Lipinski definition) is 9. The van der Waals surface area contributed by atoms with Crippen molar-refractivity contribution in [1.29, 1.82) is 0 Å². The average Bonchev–Trinajstić information content (AvgIpc) is 2.84. The van der Waals surface area contributed by atoms with Gasteiger partial charge < -0.3 is 20.1 Å². The maximum absolute atomic E-state index is 12.6. The fourth-order valence-corrected chi connectivity index (χ4v) is 3.69. The van der Waals surface area contributed by atoms with E-state index in [1.54, 1.807) is 13.8 Å². The largest absolute Gasteiger partial charge is 0.462 e. The number of nitrogens with zero attached hydrogens (tertiary/aromatic N) is 1. The van der Waals surface area contributed by atoms with E-state index in [2.05, 4.69) is 15.6 Å². The standard InChI is InChI=1S/C23H28N4O8S/c1-4-34-12-11-24-21(29)16-5-8-18(9-6-16)36(32,33)27-22(30)17-7-10-19(25-13-17)23(31)26-14-20(28)35-15(2)3/h5-10,13,15H,4,11-12,14H2,1-3H3,(H,24,29)(H,26,31)(H,27,30). The third-order valence-corrected chi connectivity index (χ3v) is 5.76. The Balaban J connectivity index is 1.96. The van der Waals surface area contributed by atoms with Crippen LogP contribution < -0.4 is 15.4 Å². The molecule has 2 rings (SSSR count). The Bertz CT molecular complexity index is 1180. The molecular weight excluding hydrogens is 492 g/mol. The number of benzene rings is 1. The number of amides is 3. The first-order valence-corrected chi connectivity index (χ1v) is 12.5. The monoisotopic (exact) mass is 520 g/mol. The molecule has 0 atom stereocenters. The van der Waals surface area contributed by atoms with Gasteiger partial charge in [0.2, 0.25) is 0 Å². The highest BCUT2D eigenvalue weighted by molar-refractivity contribution is 7.90. The van der Waals surface area contributed by atoms with Gasteiger partial charge in [-0.25, -0.2) is 13.1 Å². The lowest BCUT2D eigenvalue weighted by Crippen LogP contribution is -2.33. The first kappa shape index (κ1) is 28.4. The van der Waals surface area contributed by atoms with Gasteiger partial charge in [-0.05, 0) is 57.2 Å². The number of nitrogens with one attached hydrogen (secondary N) is 3. The van der Waals surface area contributed by atoms with E-state index in [1.807, 2.05) is 11.6 Å². The van der Waals surface area contributed by atoms with E-state index in [0.29, 0.717) is 19.8 Å². The molecule has 3 amide bonds. The Kier molecular flexibility index (Phi) is 10.5. The summed E-state index contributed by atoms with van der Waals surface area (Å²) in [6, 6.07) is 7.46. The number of esters is 1. The fraction of sp³-hybridized carbons (Fsp3) is 0.348. The van der Waals surface area contributed by atoms with Crippen molar-refractivity contribution in [3.63, 3.8) is 0 Å². The van der Waals surface area contributed by atoms with Gasteiger partial charge in [-0.1, -0.05) is 0 Å². The molecule has 3 N–H and O–H groups in total. The number of aromatic nitrogens is 1. The summed E-state index contributed by atoms with van der Waals surface area (Å²) in [5, 5.41) is 4.97. The molecule has 1 aromatic heterocycles. The Morgan fingerprint density at radius 2 is 1.58 bits per heavy atom. The Morgan fingerprint density at radius 3 is 2.17 bits per heavy atom. The Hall–Kier alpha value is -3.84. The van der Waals surface area contributed by atoms with Crippen LogP contribution in [0.1, 0.15) is 52.0 Å². The van der Waals surface area contributed by atoms with Crippen molar-refractivity contribution >= 4 is 33.7 Å². The van der Waals surface area contributed by atoms with Crippen molar-refractivity contribution in [3.05, 3.63) is 59.4 Å². The molecule has 12 nitrogen and oxygen atoms in total. The van der Waals surface area contributed by atoms with E-state index in [-0.39, 0.29) is 34.4 Å². The van der Waals surface area contributed by atoms with Crippen LogP contribution in [0.2, 0.25) is 0 Å². The molecule has 1 heterocycles. The minimum atomic E-state index is -4.24. The first-order chi connectivity index (χ1) is 17.0. The summed E-state index contributed by atoms with van der Waals surface area (Å²) in [5.41, 5.74) is 0.0498. The molecule has 194 valence electrons. The van der Waals surface area contributed by atoms with E-state index in [1.165, 1.54) is 36.4 Å². The topological polar surface area (TPSA) is 170 Å². The normalized spacial score (nSPS) is 11.0. The van der Waals surface area contributed by atoms with Crippen LogP contribution in [0.5, 0.6) is 0 Å². The molecule has 0 aliphatic rings. The van der Waals surface area contributed by atoms with Gasteiger partial charge in [0, 0.05) is 24.9 Å². The number of carbonyl (C=O) groups is 4. The quantitative estimate of drug-likeness (QED) is 0.268. The van der Waals surface area contributed by atoms with Crippen molar-refractivity contribution in [1.82, 2.24) is 20.3 Å². The molecule has 36 heavy (non-hydrogen) atoms. The predicted molar refractivity (Wildman–Crippen MR) is 128 cm³/mol. The molecule has 0 spiro atoms. The summed E-state index contributed by atoms with van der Waals surface area (Å²) in [4.78, 5) is 51.7. The third kappa shape index (κ3) is 8.74. The third-order valence-electron chi connectivity index (χ3n) is 4.41. The Morgan fingerprint density at radius 1 is 0.917 bits per heavy atom. The van der Waals surface area contributed by atoms with Crippen LogP contribution >= 0.6 is 0 Å². The lowest BCUT2D eigenvalue weighted by atomic mass is 10.2. The molecule has 2 aromatic rings. The van der Waals surface area contributed by atoms with Gasteiger partial charge >= 0.3 is 5.97 Å². The fourth-order valence-electron chi connectivity index (χ4n) is 2.72. The molecule has 0 saturated carbocycles. The summed E-state index contributed by atoms with van der Waals surface area (Å²) in [6.07, 6.45) is 0.705. The highest BCUT2D eigenvalue weighted by Crippen LogP contribution is 2.12. The number of hydrogen-bond donors (Lipinski definition) is 3. The first-order valence-electron chi connectivity index (χ1n) is 11.0. The number of rotatable bonds is 12. The molecule has 0 radical (unpaired) electrons. The predicted octanol–water partition coefficient (Wildman–Crippen LogP) is 0.648. The van der Waals surface area contributed by atoms with E-state index in [4.69, 9.17) is 9.47 Å². The number of ether oxygens (including phenoxy) is 2. The van der Waals surface area contributed by atoms with Crippen LogP contribution in [-0.2, 0) is 24.3 Å². The smallest absolute Gasteiger partial charge is 0.325 e. The highest BCUT2D eigenvalue weighted by atomic mass is 32.2. The Labute approximate surface area is 208 Å². The SMILES string of the molecule is CCOCCNC(=O)c1ccc(S(=O)(=O)NC(=O)c2ccc(C(=O)NCC(=O)OC(C)C)nc2)cc1. The van der Waals surface area contributed by atoms with Crippen LogP contribution in [0, 0.1) is 0 Å². The van der Waals surface area contributed by atoms with Gasteiger partial charge in [-0.2, -0.15) is 0 Å². The summed E-state index contributed by atoms with van der Waals surface area (Å²) >= 11 is 0. The lowest BCUT2D eigenvalue weighted by molar-refractivity contribution is -0.146. The van der Waals surface area contributed by atoms with E-state index >= 15 is 0 Å². The van der Waals surface area contributed by atoms with Crippen LogP contribution in [0.4, 0.5) is 0 Å². The molecule has 0 saturated heterocycles. The maximum atomic E-state index is 12.6. The minimum Gasteiger partial charge on any atom is -0.462 e. The van der Waals surface area contributed by atoms with Gasteiger partial charge in [0.25, 0.3) is 27.7 Å². The van der Waals surface area contributed by atoms with Gasteiger partial charge in [0.15, 0.2) is 0 Å². The molecule has 13 heteroatoms. The summed E-state index contributed by atoms with van der Waals surface area (Å²) in [5.74, 6) is -2.64. The average molecular weight is 521 g/mol. The van der Waals surface area contributed by atoms with E-state index in [0.717, 1.165) is 6.20 Å². The second kappa shape index (κ2) is 13.3. The van der Waals surface area contributed by atoms with Gasteiger partial charge in [0.1, 0.15) is 12.2 Å². The van der Waals surface area contributed by atoms with Gasteiger partial charge in [-0.15, -0.1) is 0 Å². The second-order valence-corrected chi connectivity index (χ2v) is 9.25. The molecule has 0 unspecified atom stereocenters. The van der Waals surface area contributed by atoms with Crippen molar-refractivity contribution in [2.45, 2.75) is 31.8 Å². The summed E-state index contributed by atoms with van der Waals surface area (Å²) in [7, 11) is -4.24. The maximum Gasteiger partial charge on any atom is 0.325 e. The number of carbonyl (C=O) groups excluding carboxylic acids is 4. The molecule has 0 aliphatic heterocycles. The van der Waals surface area contributed by atoms with E-state index in [9.17, 15) is 27.6 Å². The zero-order valence-corrected chi connectivity index (χ0v) is 20.9. The zero-order chi connectivity index (χ0) is 26.7. The van der Waals surface area contributed by atoms with Crippen molar-refractivity contribution in [2.24, 2.45) is 0 Å². The van der Waals surface area contributed by atoms with Gasteiger partial charge in [-0.3, -0.25) is 24.2 Å². The molecule has 0 aliphatic carbocycles. The highest BCUT2D eigenvalue weighted by Gasteiger charge is 2.20. The van der Waals surface area contributed by atoms with Crippen molar-refractivity contribution in [3.8, 4) is 0 Å². The van der Waals surface area contributed by atoms with Gasteiger partial charge in [0.05, 0.1) is 23.2 Å². The summed E-state index contributed by atoms with van der Waals surface area (Å²) < 4.78 is 37.1. The van der Waals surface area contributed by atoms with Crippen molar-refractivity contribution in [2.75, 3.05) is 26.3 Å². The molecular formula is C23H28N4O8S. The number of sulfonamides is 1. The zero-order valence-electron chi connectivity index (χ0n) is 20.1. The molecule has 1 aromatic carbocycles. The van der Waals surface area contributed by atoms with Crippen molar-refractivity contribution < 1.29 is 37.1 Å². The van der Waals surface area contributed by atoms with Crippen LogP contribution in [-0.4, -0.2) is 69.5 Å². The number of pyridine rings is 1. The van der Waals surface area contributed by atoms with Crippen LogP contribution in [0.3, 0.4) is 0 Å². The lowest BCUT2D eigenvalue weighted by Gasteiger charge is -2.09. The summed E-state index contributed by atoms with van der Waals surface area (Å²) in [6.45, 7) is 6.01. The van der Waals surface area contributed by atoms with Crippen LogP contribution in [0.15, 0.2) is 47.5 Å². The molecule has 0 fully saturated rings. The van der Waals surface area contributed by atoms with E-state index < -0.39 is 33.7 Å². The minimum absolute atomic E-state index is 0.0816.